The van der Waals surface area contributed by atoms with E-state index in [0.717, 1.165) is 25.7 Å². The fourth-order valence-electron chi connectivity index (χ4n) is 10.5. The summed E-state index contributed by atoms with van der Waals surface area (Å²) in [6.45, 7) is -0.704. The van der Waals surface area contributed by atoms with Gasteiger partial charge in [0.1, 0.15) is 59.9 Å². The maximum atomic E-state index is 13.0. The summed E-state index contributed by atoms with van der Waals surface area (Å²) in [5.41, 5.74) is 1.12. The van der Waals surface area contributed by atoms with Gasteiger partial charge >= 0.3 is 0 Å². The standard InChI is InChI=1S/C30H26O7.C24H18O9/c31-25(15-5-1-2-6-15)23-27(33)19-11-9-17(13-21(19)29(23)35)37-18-10-12-20-22(14-18)30(36)24(28(20)34)26(32)16-7-3-4-8-16;1-31-9-17(25)19-21(27)13-5-3-11(7-15(13)23(19)29)33-12-4-6-14-16(8-12)24(30)20(22(14)28)18(26)10-32-2/h9-16,23-24H,1-8H2;3-8,19-20H,9-10H2,1-2H3. The number of benzene rings is 4. The van der Waals surface area contributed by atoms with Crippen LogP contribution in [0, 0.1) is 35.5 Å². The highest BCUT2D eigenvalue weighted by Gasteiger charge is 2.48. The molecule has 4 atom stereocenters. The summed E-state index contributed by atoms with van der Waals surface area (Å²) < 4.78 is 21.1. The van der Waals surface area contributed by atoms with Crippen molar-refractivity contribution in [2.45, 2.75) is 51.4 Å². The van der Waals surface area contributed by atoms with E-state index in [9.17, 15) is 57.5 Å². The van der Waals surface area contributed by atoms with Crippen LogP contribution in [-0.2, 0) is 28.7 Å². The number of ether oxygens (including phenoxy) is 4. The Morgan fingerprint density at radius 2 is 0.614 bits per heavy atom. The number of methoxy groups -OCH3 is 2. The Morgan fingerprint density at radius 1 is 0.371 bits per heavy atom. The average Bonchev–Trinajstić information content (AvgIpc) is 4.22. The van der Waals surface area contributed by atoms with Gasteiger partial charge in [0.15, 0.2) is 69.4 Å². The predicted octanol–water partition coefficient (Wildman–Crippen LogP) is 6.89. The molecule has 16 heteroatoms. The Labute approximate surface area is 399 Å². The average molecular weight is 949 g/mol. The van der Waals surface area contributed by atoms with E-state index in [-0.39, 0.29) is 104 Å². The van der Waals surface area contributed by atoms with Crippen LogP contribution in [0.2, 0.25) is 0 Å². The van der Waals surface area contributed by atoms with Crippen molar-refractivity contribution < 1.29 is 76.5 Å². The van der Waals surface area contributed by atoms with Crippen LogP contribution in [0.5, 0.6) is 23.0 Å². The SMILES string of the molecule is COCC(=O)C1C(=O)c2ccc(Oc3ccc4c(c3)C(=O)C(C(=O)COC)C4=O)cc2C1=O.O=C1c2ccc(Oc3ccc4c(c3)C(=O)C(C(=O)C3CCCC3)C4=O)cc2C(=O)C1C(=O)C1CCCC1. The van der Waals surface area contributed by atoms with Crippen molar-refractivity contribution in [2.24, 2.45) is 35.5 Å². The zero-order valence-corrected chi connectivity index (χ0v) is 38.0. The lowest BCUT2D eigenvalue weighted by Gasteiger charge is -2.11. The Bertz CT molecular complexity index is 2830. The minimum Gasteiger partial charge on any atom is -0.457 e. The van der Waals surface area contributed by atoms with Gasteiger partial charge in [-0.05, 0) is 98.5 Å². The zero-order chi connectivity index (χ0) is 49.7. The number of hydrogen-bond acceptors (Lipinski definition) is 16. The molecule has 6 aliphatic rings. The minimum absolute atomic E-state index is 0.0598. The summed E-state index contributed by atoms with van der Waals surface area (Å²) in [4.78, 5) is 152. The van der Waals surface area contributed by atoms with Gasteiger partial charge in [0.25, 0.3) is 0 Å². The fourth-order valence-corrected chi connectivity index (χ4v) is 10.5. The maximum absolute atomic E-state index is 13.0. The summed E-state index contributed by atoms with van der Waals surface area (Å²) in [5, 5.41) is 0. The largest absolute Gasteiger partial charge is 0.457 e. The number of hydrogen-bond donors (Lipinski definition) is 0. The molecule has 70 heavy (non-hydrogen) atoms. The number of carbonyl (C=O) groups excluding carboxylic acids is 12. The van der Waals surface area contributed by atoms with E-state index < -0.39 is 81.5 Å². The van der Waals surface area contributed by atoms with E-state index in [1.807, 2.05) is 0 Å². The molecule has 4 aromatic carbocycles. The lowest BCUT2D eigenvalue weighted by Crippen LogP contribution is -2.30. The Kier molecular flexibility index (Phi) is 13.0. The number of fused-ring (bicyclic) bond motifs is 4. The van der Waals surface area contributed by atoms with E-state index in [1.54, 1.807) is 12.1 Å². The molecule has 4 unspecified atom stereocenters. The summed E-state index contributed by atoms with van der Waals surface area (Å²) in [6.07, 6.45) is 6.59. The van der Waals surface area contributed by atoms with Crippen LogP contribution in [0.1, 0.15) is 134 Å². The highest BCUT2D eigenvalue weighted by Crippen LogP contribution is 2.40. The predicted molar refractivity (Wildman–Crippen MR) is 242 cm³/mol. The molecule has 0 spiro atoms. The van der Waals surface area contributed by atoms with Gasteiger partial charge in [0.05, 0.1) is 0 Å². The second-order valence-corrected chi connectivity index (χ2v) is 18.2. The molecule has 10 rings (SSSR count). The molecular formula is C54H44O16. The van der Waals surface area contributed by atoms with Gasteiger partial charge in [-0.1, -0.05) is 25.7 Å². The molecule has 356 valence electrons. The second-order valence-electron chi connectivity index (χ2n) is 18.2. The molecule has 0 aromatic heterocycles. The molecule has 4 aromatic rings. The van der Waals surface area contributed by atoms with E-state index in [1.165, 1.54) is 74.9 Å². The van der Waals surface area contributed by atoms with Crippen molar-refractivity contribution in [3.8, 4) is 23.0 Å². The highest BCUT2D eigenvalue weighted by molar-refractivity contribution is 6.38. The first-order valence-electron chi connectivity index (χ1n) is 23.0. The first-order valence-corrected chi connectivity index (χ1v) is 23.0. The van der Waals surface area contributed by atoms with Crippen LogP contribution in [0.25, 0.3) is 0 Å². The van der Waals surface area contributed by atoms with Crippen molar-refractivity contribution in [3.63, 3.8) is 0 Å². The third-order valence-corrected chi connectivity index (χ3v) is 14.0. The Hall–Kier alpha value is -7.56. The second kappa shape index (κ2) is 19.1. The van der Waals surface area contributed by atoms with Gasteiger partial charge in [-0.25, -0.2) is 0 Å². The molecule has 0 heterocycles. The number of rotatable bonds is 14. The topological polar surface area (TPSA) is 242 Å². The van der Waals surface area contributed by atoms with Crippen molar-refractivity contribution in [2.75, 3.05) is 27.4 Å². The summed E-state index contributed by atoms with van der Waals surface area (Å²) in [7, 11) is 2.59. The number of ketones is 12. The van der Waals surface area contributed by atoms with E-state index in [4.69, 9.17) is 18.9 Å². The maximum Gasteiger partial charge on any atom is 0.182 e. The van der Waals surface area contributed by atoms with Crippen molar-refractivity contribution >= 4 is 69.4 Å². The Morgan fingerprint density at radius 3 is 0.886 bits per heavy atom. The highest BCUT2D eigenvalue weighted by atomic mass is 16.5. The van der Waals surface area contributed by atoms with Crippen molar-refractivity contribution in [3.05, 3.63) is 117 Å². The molecule has 2 fully saturated rings. The van der Waals surface area contributed by atoms with Gasteiger partial charge in [-0.3, -0.25) is 57.5 Å². The third kappa shape index (κ3) is 8.30. The molecule has 16 nitrogen and oxygen atoms in total. The van der Waals surface area contributed by atoms with Gasteiger partial charge < -0.3 is 18.9 Å². The van der Waals surface area contributed by atoms with Crippen LogP contribution in [0.15, 0.2) is 72.8 Å². The van der Waals surface area contributed by atoms with Gasteiger partial charge in [-0.2, -0.15) is 0 Å². The monoisotopic (exact) mass is 948 g/mol. The van der Waals surface area contributed by atoms with Crippen molar-refractivity contribution in [1.29, 1.82) is 0 Å². The molecule has 6 aliphatic carbocycles. The molecule has 0 amide bonds. The lowest BCUT2D eigenvalue weighted by atomic mass is 9.88. The summed E-state index contributed by atoms with van der Waals surface area (Å²) in [5.74, 6) is -11.1. The minimum atomic E-state index is -1.43. The van der Waals surface area contributed by atoms with Crippen LogP contribution < -0.4 is 9.47 Å². The molecular weight excluding hydrogens is 905 g/mol. The lowest BCUT2D eigenvalue weighted by molar-refractivity contribution is -0.124. The summed E-state index contributed by atoms with van der Waals surface area (Å²) in [6, 6.07) is 17.4. The first-order chi connectivity index (χ1) is 33.6. The van der Waals surface area contributed by atoms with E-state index in [0.29, 0.717) is 25.7 Å². The Balaban J connectivity index is 0.000000175. The molecule has 2 saturated carbocycles. The molecule has 0 N–H and O–H groups in total. The van der Waals surface area contributed by atoms with Crippen LogP contribution >= 0.6 is 0 Å². The van der Waals surface area contributed by atoms with Gasteiger partial charge in [0.2, 0.25) is 0 Å². The van der Waals surface area contributed by atoms with Gasteiger partial charge in [0, 0.05) is 70.6 Å². The molecule has 0 aliphatic heterocycles. The number of carbonyl (C=O) groups is 12. The molecule has 0 saturated heterocycles. The molecule has 0 bridgehead atoms. The zero-order valence-electron chi connectivity index (χ0n) is 38.0. The normalized spacial score (nSPS) is 21.4. The third-order valence-electron chi connectivity index (χ3n) is 14.0. The smallest absolute Gasteiger partial charge is 0.182 e. The van der Waals surface area contributed by atoms with E-state index >= 15 is 0 Å². The van der Waals surface area contributed by atoms with Crippen LogP contribution in [-0.4, -0.2) is 96.8 Å². The summed E-state index contributed by atoms with van der Waals surface area (Å²) >= 11 is 0. The quantitative estimate of drug-likeness (QED) is 0.117. The van der Waals surface area contributed by atoms with Crippen LogP contribution in [0.3, 0.4) is 0 Å². The molecule has 0 radical (unpaired) electrons. The fraction of sp³-hybridized carbons (Fsp3) is 0.333. The van der Waals surface area contributed by atoms with Gasteiger partial charge in [-0.15, -0.1) is 0 Å². The van der Waals surface area contributed by atoms with Crippen LogP contribution in [0.4, 0.5) is 0 Å². The first kappa shape index (κ1) is 47.5. The van der Waals surface area contributed by atoms with E-state index in [2.05, 4.69) is 0 Å². The number of Topliss-reactive ketones (excluding diaryl/α,β-unsaturated/α-hetero) is 12. The van der Waals surface area contributed by atoms with Crippen molar-refractivity contribution in [1.82, 2.24) is 0 Å².